The molecule has 152 valence electrons. The van der Waals surface area contributed by atoms with Gasteiger partial charge in [-0.3, -0.25) is 14.4 Å². The number of carbonyl (C=O) groups excluding carboxylic acids is 1. The minimum Gasteiger partial charge on any atom is -0.466 e. The third-order valence-electron chi connectivity index (χ3n) is 6.11. The minimum atomic E-state index is 0.284. The monoisotopic (exact) mass is 384 g/mol. The van der Waals surface area contributed by atoms with Crippen molar-refractivity contribution in [3.8, 4) is 0 Å². The lowest BCUT2D eigenvalue weighted by Gasteiger charge is -2.28. The molecule has 0 aromatic carbocycles. The quantitative estimate of drug-likeness (QED) is 0.735. The summed E-state index contributed by atoms with van der Waals surface area (Å²) < 4.78 is 7.89. The first-order valence-corrected chi connectivity index (χ1v) is 10.7. The lowest BCUT2D eigenvalue weighted by atomic mass is 10.0. The van der Waals surface area contributed by atoms with Crippen LogP contribution in [0.25, 0.3) is 0 Å². The van der Waals surface area contributed by atoms with Gasteiger partial charge in [0.15, 0.2) is 0 Å². The summed E-state index contributed by atoms with van der Waals surface area (Å²) >= 11 is 0. The van der Waals surface area contributed by atoms with Crippen LogP contribution < -0.4 is 0 Å². The van der Waals surface area contributed by atoms with Crippen LogP contribution in [-0.2, 0) is 24.3 Å². The second kappa shape index (κ2) is 8.52. The van der Waals surface area contributed by atoms with E-state index in [4.69, 9.17) is 9.52 Å². The number of amides is 1. The van der Waals surface area contributed by atoms with Gasteiger partial charge in [0.05, 0.1) is 17.9 Å². The zero-order valence-electron chi connectivity index (χ0n) is 17.2. The Morgan fingerprint density at radius 1 is 1.21 bits per heavy atom. The molecule has 6 heteroatoms. The molecule has 1 saturated heterocycles. The van der Waals surface area contributed by atoms with Crippen molar-refractivity contribution in [2.75, 3.05) is 26.2 Å². The van der Waals surface area contributed by atoms with Gasteiger partial charge in [0, 0.05) is 44.9 Å². The molecule has 28 heavy (non-hydrogen) atoms. The van der Waals surface area contributed by atoms with Crippen LogP contribution in [0, 0.1) is 6.92 Å². The number of aromatic nitrogens is 2. The van der Waals surface area contributed by atoms with Crippen molar-refractivity contribution in [3.05, 3.63) is 41.1 Å². The van der Waals surface area contributed by atoms with Gasteiger partial charge < -0.3 is 9.32 Å². The number of aryl methyl sites for hydroxylation is 2. The van der Waals surface area contributed by atoms with Gasteiger partial charge in [-0.2, -0.15) is 5.10 Å². The molecule has 0 spiro atoms. The molecule has 1 fully saturated rings. The van der Waals surface area contributed by atoms with Gasteiger partial charge >= 0.3 is 0 Å². The summed E-state index contributed by atoms with van der Waals surface area (Å²) in [6.07, 6.45) is 4.74. The Bertz CT molecular complexity index is 803. The molecule has 4 heterocycles. The number of fused-ring (bicyclic) bond motifs is 1. The van der Waals surface area contributed by atoms with Crippen LogP contribution in [0.1, 0.15) is 61.4 Å². The second-order valence-corrected chi connectivity index (χ2v) is 8.35. The van der Waals surface area contributed by atoms with E-state index >= 15 is 0 Å². The summed E-state index contributed by atoms with van der Waals surface area (Å²) in [6, 6.07) is 6.34. The minimum absolute atomic E-state index is 0.284. The molecule has 0 aliphatic carbocycles. The summed E-state index contributed by atoms with van der Waals surface area (Å²) in [5.41, 5.74) is 2.33. The van der Waals surface area contributed by atoms with Gasteiger partial charge in [-0.1, -0.05) is 6.92 Å². The predicted octanol–water partition coefficient (Wildman–Crippen LogP) is 3.35. The number of furan rings is 1. The summed E-state index contributed by atoms with van der Waals surface area (Å²) in [7, 11) is 0. The van der Waals surface area contributed by atoms with E-state index in [0.717, 1.165) is 82.2 Å². The van der Waals surface area contributed by atoms with Crippen LogP contribution in [0.2, 0.25) is 0 Å². The van der Waals surface area contributed by atoms with Crippen molar-refractivity contribution in [1.82, 2.24) is 19.6 Å². The van der Waals surface area contributed by atoms with Crippen LogP contribution in [0.15, 0.2) is 22.6 Å². The van der Waals surface area contributed by atoms with Crippen molar-refractivity contribution >= 4 is 5.91 Å². The van der Waals surface area contributed by atoms with E-state index in [1.165, 1.54) is 5.69 Å². The number of rotatable bonds is 7. The van der Waals surface area contributed by atoms with Crippen molar-refractivity contribution in [2.45, 2.75) is 65.0 Å². The van der Waals surface area contributed by atoms with Crippen LogP contribution >= 0.6 is 0 Å². The van der Waals surface area contributed by atoms with Crippen LogP contribution in [0.3, 0.4) is 0 Å². The predicted molar refractivity (Wildman–Crippen MR) is 108 cm³/mol. The van der Waals surface area contributed by atoms with Crippen molar-refractivity contribution in [3.63, 3.8) is 0 Å². The van der Waals surface area contributed by atoms with Crippen molar-refractivity contribution in [1.29, 1.82) is 0 Å². The van der Waals surface area contributed by atoms with E-state index in [2.05, 4.69) is 28.6 Å². The third kappa shape index (κ3) is 4.49. The molecule has 0 saturated carbocycles. The molecule has 1 amide bonds. The number of carbonyl (C=O) groups is 1. The Hall–Kier alpha value is -2.08. The lowest BCUT2D eigenvalue weighted by Crippen LogP contribution is -2.34. The van der Waals surface area contributed by atoms with Gasteiger partial charge in [-0.15, -0.1) is 0 Å². The maximum Gasteiger partial charge on any atom is 0.222 e. The number of hydrogen-bond acceptors (Lipinski definition) is 4. The second-order valence-electron chi connectivity index (χ2n) is 8.35. The average Bonchev–Trinajstić information content (AvgIpc) is 3.43. The van der Waals surface area contributed by atoms with E-state index in [9.17, 15) is 4.79 Å². The lowest BCUT2D eigenvalue weighted by molar-refractivity contribution is -0.130. The van der Waals surface area contributed by atoms with Gasteiger partial charge in [-0.25, -0.2) is 0 Å². The van der Waals surface area contributed by atoms with Crippen LogP contribution in [0.4, 0.5) is 0 Å². The van der Waals surface area contributed by atoms with E-state index in [0.29, 0.717) is 12.3 Å². The van der Waals surface area contributed by atoms with E-state index in [1.807, 2.05) is 17.9 Å². The molecule has 0 unspecified atom stereocenters. The largest absolute Gasteiger partial charge is 0.466 e. The fourth-order valence-corrected chi connectivity index (χ4v) is 4.29. The Morgan fingerprint density at radius 3 is 2.79 bits per heavy atom. The van der Waals surface area contributed by atoms with E-state index in [-0.39, 0.29) is 5.91 Å². The van der Waals surface area contributed by atoms with Crippen molar-refractivity contribution < 1.29 is 9.21 Å². The SMILES string of the molecule is Cc1ccc([C@@H](C)CCN2CCn3nc(CCC(=O)N4CCCC4)cc3C2)o1. The maximum atomic E-state index is 12.3. The van der Waals surface area contributed by atoms with E-state index < -0.39 is 0 Å². The Kier molecular flexibility index (Phi) is 5.85. The first-order chi connectivity index (χ1) is 13.6. The molecule has 2 aromatic heterocycles. The fourth-order valence-electron chi connectivity index (χ4n) is 4.29. The fraction of sp³-hybridized carbons (Fsp3) is 0.636. The topological polar surface area (TPSA) is 54.5 Å². The average molecular weight is 385 g/mol. The summed E-state index contributed by atoms with van der Waals surface area (Å²) in [6.45, 7) is 10.1. The smallest absolute Gasteiger partial charge is 0.222 e. The molecule has 2 aliphatic rings. The summed E-state index contributed by atoms with van der Waals surface area (Å²) in [4.78, 5) is 16.8. The molecular weight excluding hydrogens is 352 g/mol. The third-order valence-corrected chi connectivity index (χ3v) is 6.11. The molecule has 0 N–H and O–H groups in total. The standard InChI is InChI=1S/C22H32N4O2/c1-17(21-7-5-18(2)28-21)9-12-24-13-14-26-20(16-24)15-19(23-26)6-8-22(27)25-10-3-4-11-25/h5,7,15,17H,3-4,6,8-14,16H2,1-2H3/t17-/m0/s1. The van der Waals surface area contributed by atoms with Gasteiger partial charge in [-0.05, 0) is 50.9 Å². The molecule has 2 aliphatic heterocycles. The Morgan fingerprint density at radius 2 is 2.04 bits per heavy atom. The zero-order valence-corrected chi connectivity index (χ0v) is 17.2. The van der Waals surface area contributed by atoms with E-state index in [1.54, 1.807) is 0 Å². The van der Waals surface area contributed by atoms with Gasteiger partial charge in [0.25, 0.3) is 0 Å². The highest BCUT2D eigenvalue weighted by Gasteiger charge is 2.21. The zero-order chi connectivity index (χ0) is 19.5. The van der Waals surface area contributed by atoms with Gasteiger partial charge in [0.2, 0.25) is 5.91 Å². The summed E-state index contributed by atoms with van der Waals surface area (Å²) in [5, 5.41) is 4.73. The maximum absolute atomic E-state index is 12.3. The number of nitrogens with zero attached hydrogens (tertiary/aromatic N) is 4. The molecule has 1 atom stereocenters. The molecule has 0 radical (unpaired) electrons. The van der Waals surface area contributed by atoms with Gasteiger partial charge in [0.1, 0.15) is 11.5 Å². The summed E-state index contributed by atoms with van der Waals surface area (Å²) in [5.74, 6) is 2.80. The molecule has 2 aromatic rings. The van der Waals surface area contributed by atoms with Crippen LogP contribution in [0.5, 0.6) is 0 Å². The Balaban J connectivity index is 1.26. The Labute approximate surface area is 167 Å². The first kappa shape index (κ1) is 19.2. The number of likely N-dealkylation sites (tertiary alicyclic amines) is 1. The first-order valence-electron chi connectivity index (χ1n) is 10.7. The molecule has 4 rings (SSSR count). The highest BCUT2D eigenvalue weighted by molar-refractivity contribution is 5.76. The molecule has 0 bridgehead atoms. The van der Waals surface area contributed by atoms with Crippen molar-refractivity contribution in [2.24, 2.45) is 0 Å². The molecular formula is C22H32N4O2. The number of hydrogen-bond donors (Lipinski definition) is 0. The van der Waals surface area contributed by atoms with Crippen LogP contribution in [-0.4, -0.2) is 51.7 Å². The normalized spacial score (nSPS) is 18.4. The molecule has 6 nitrogen and oxygen atoms in total. The highest BCUT2D eigenvalue weighted by Crippen LogP contribution is 2.23. The highest BCUT2D eigenvalue weighted by atomic mass is 16.3.